The maximum atomic E-state index is 13.0. The van der Waals surface area contributed by atoms with Crippen LogP contribution in [0.1, 0.15) is 463 Å². The van der Waals surface area contributed by atoms with Gasteiger partial charge in [-0.25, -0.2) is 4.79 Å². The van der Waals surface area contributed by atoms with Gasteiger partial charge in [-0.05, 0) is 12.8 Å². The van der Waals surface area contributed by atoms with Crippen LogP contribution >= 0.6 is 0 Å². The molecule has 0 radical (unpaired) electrons. The van der Waals surface area contributed by atoms with Gasteiger partial charge in [0.2, 0.25) is 0 Å². The van der Waals surface area contributed by atoms with Crippen LogP contribution in [-0.4, -0.2) is 87.4 Å². The van der Waals surface area contributed by atoms with Crippen molar-refractivity contribution in [1.29, 1.82) is 0 Å². The fourth-order valence-electron chi connectivity index (χ4n) is 13.4. The third kappa shape index (κ3) is 77.5. The van der Waals surface area contributed by atoms with E-state index in [1.165, 1.54) is 398 Å². The maximum Gasteiger partial charge on any atom is 0.361 e. The van der Waals surface area contributed by atoms with Gasteiger partial charge in [0.25, 0.3) is 6.29 Å². The van der Waals surface area contributed by atoms with Gasteiger partial charge in [0.1, 0.15) is 13.2 Å². The Balaban J connectivity index is 3.89. The first-order chi connectivity index (χ1) is 45.6. The van der Waals surface area contributed by atoms with E-state index >= 15 is 0 Å². The molecule has 0 aliphatic rings. The first kappa shape index (κ1) is 91.3. The number of hydrogen-bond acceptors (Lipinski definition) is 7. The summed E-state index contributed by atoms with van der Waals surface area (Å²) < 4.78 is 23.1. The van der Waals surface area contributed by atoms with E-state index in [2.05, 4.69) is 13.8 Å². The lowest BCUT2D eigenvalue weighted by Crippen LogP contribution is -2.40. The second-order valence-corrected chi connectivity index (χ2v) is 30.5. The topological polar surface area (TPSA) is 108 Å². The molecule has 0 aromatic carbocycles. The Hall–Kier alpha value is -1.71. The molecule has 2 atom stereocenters. The predicted molar refractivity (Wildman–Crippen MR) is 402 cm³/mol. The van der Waals surface area contributed by atoms with Gasteiger partial charge < -0.3 is 28.5 Å². The number of aliphatic carboxylic acids is 1. The lowest BCUT2D eigenvalue weighted by atomic mass is 10.0. The first-order valence-electron chi connectivity index (χ1n) is 42.2. The summed E-state index contributed by atoms with van der Waals surface area (Å²) in [5.41, 5.74) is 0. The second-order valence-electron chi connectivity index (χ2n) is 30.5. The molecule has 0 aromatic heterocycles. The van der Waals surface area contributed by atoms with Crippen molar-refractivity contribution in [2.45, 2.75) is 476 Å². The molecule has 0 aromatic rings. The van der Waals surface area contributed by atoms with Crippen molar-refractivity contribution in [2.75, 3.05) is 47.5 Å². The zero-order chi connectivity index (χ0) is 67.5. The van der Waals surface area contributed by atoms with Crippen LogP contribution in [-0.2, 0) is 33.3 Å². The van der Waals surface area contributed by atoms with E-state index in [0.29, 0.717) is 17.4 Å². The van der Waals surface area contributed by atoms with Crippen molar-refractivity contribution in [3.05, 3.63) is 0 Å². The van der Waals surface area contributed by atoms with E-state index in [1.54, 1.807) is 0 Å². The number of carboxylic acids is 1. The highest BCUT2D eigenvalue weighted by molar-refractivity contribution is 5.71. The van der Waals surface area contributed by atoms with E-state index in [0.717, 1.165) is 38.5 Å². The number of carbonyl (C=O) groups excluding carboxylic acids is 2. The molecular weight excluding hydrogens is 1150 g/mol. The van der Waals surface area contributed by atoms with Crippen LogP contribution in [0.15, 0.2) is 0 Å². The number of likely N-dealkylation sites (N-methyl/N-ethyl adjacent to an activating group) is 1. The Morgan fingerprint density at radius 2 is 0.484 bits per heavy atom. The van der Waals surface area contributed by atoms with Gasteiger partial charge in [0.15, 0.2) is 6.10 Å². The smallest absolute Gasteiger partial charge is 0.361 e. The third-order valence-corrected chi connectivity index (χ3v) is 19.9. The van der Waals surface area contributed by atoms with Crippen molar-refractivity contribution in [2.24, 2.45) is 0 Å². The molecule has 0 aliphatic heterocycles. The minimum atomic E-state index is -1.51. The number of ether oxygens (including phenoxy) is 4. The molecule has 9 nitrogen and oxygen atoms in total. The number of quaternary nitrogens is 1. The lowest BCUT2D eigenvalue weighted by Gasteiger charge is -2.25. The number of rotatable bonds is 81. The Kier molecular flexibility index (Phi) is 74.7. The van der Waals surface area contributed by atoms with E-state index in [-0.39, 0.29) is 38.2 Å². The molecule has 1 N–H and O–H groups in total. The summed E-state index contributed by atoms with van der Waals surface area (Å²) >= 11 is 0. The average molecular weight is 1320 g/mol. The molecule has 554 valence electrons. The van der Waals surface area contributed by atoms with Gasteiger partial charge >= 0.3 is 17.9 Å². The molecule has 0 heterocycles. The summed E-state index contributed by atoms with van der Waals surface area (Å²) in [6.45, 7) is 4.99. The van der Waals surface area contributed by atoms with E-state index in [1.807, 2.05) is 21.1 Å². The number of unbranched alkanes of at least 4 members (excludes halogenated alkanes) is 66. The van der Waals surface area contributed by atoms with Crippen LogP contribution in [0, 0.1) is 0 Å². The first-order valence-corrected chi connectivity index (χ1v) is 42.2. The van der Waals surface area contributed by atoms with Crippen LogP contribution in [0.2, 0.25) is 0 Å². The van der Waals surface area contributed by atoms with E-state index in [9.17, 15) is 19.5 Å². The van der Waals surface area contributed by atoms with Crippen LogP contribution < -0.4 is 0 Å². The van der Waals surface area contributed by atoms with Crippen molar-refractivity contribution in [3.8, 4) is 0 Å². The van der Waals surface area contributed by atoms with Crippen molar-refractivity contribution < 1.29 is 42.9 Å². The number of esters is 2. The summed E-state index contributed by atoms with van der Waals surface area (Å²) in [5, 5.41) is 9.78. The van der Waals surface area contributed by atoms with Gasteiger partial charge in [-0.1, -0.05) is 438 Å². The predicted octanol–water partition coefficient (Wildman–Crippen LogP) is 26.9. The molecule has 9 heteroatoms. The van der Waals surface area contributed by atoms with Gasteiger partial charge in [-0.15, -0.1) is 0 Å². The van der Waals surface area contributed by atoms with Crippen LogP contribution in [0.25, 0.3) is 0 Å². The van der Waals surface area contributed by atoms with Crippen LogP contribution in [0.4, 0.5) is 0 Å². The lowest BCUT2D eigenvalue weighted by molar-refractivity contribution is -0.870. The van der Waals surface area contributed by atoms with Crippen LogP contribution in [0.5, 0.6) is 0 Å². The number of nitrogens with zero attached hydrogens (tertiary/aromatic N) is 1. The zero-order valence-electron chi connectivity index (χ0n) is 63.7. The van der Waals surface area contributed by atoms with Gasteiger partial charge in [0.05, 0.1) is 34.4 Å². The molecule has 0 aliphatic carbocycles. The number of hydrogen-bond donors (Lipinski definition) is 1. The third-order valence-electron chi connectivity index (χ3n) is 19.9. The molecule has 93 heavy (non-hydrogen) atoms. The molecule has 0 saturated heterocycles. The average Bonchev–Trinajstić information content (AvgIpc) is 3.64. The maximum absolute atomic E-state index is 13.0. The quantitative estimate of drug-likeness (QED) is 0.0278. The Labute approximate surface area is 581 Å². The minimum Gasteiger partial charge on any atom is -0.477 e. The second kappa shape index (κ2) is 76.1. The van der Waals surface area contributed by atoms with E-state index in [4.69, 9.17) is 18.9 Å². The fourth-order valence-corrected chi connectivity index (χ4v) is 13.4. The van der Waals surface area contributed by atoms with E-state index < -0.39 is 18.4 Å². The Morgan fingerprint density at radius 3 is 0.688 bits per heavy atom. The van der Waals surface area contributed by atoms with Crippen LogP contribution in [0.3, 0.4) is 0 Å². The normalized spacial score (nSPS) is 12.5. The largest absolute Gasteiger partial charge is 0.477 e. The fraction of sp³-hybridized carbons (Fsp3) is 0.964. The SMILES string of the molecule is CCCCCCCCCCCCCCCCCCCCCCCCCCCCCCCCCCCCCCCCCCC(=O)OC(COC(=O)CCCCCCCCCCCCCCCCCCCCCCCCCCCCCC)COC(OCC[N+](C)(C)C)C(=O)O. The molecule has 0 rings (SSSR count). The molecule has 2 unspecified atom stereocenters. The standard InChI is InChI=1S/C84H165NO8/c1-6-8-10-12-14-16-18-20-22-24-26-28-30-32-34-36-37-38-39-40-41-42-43-44-45-46-47-49-51-53-55-57-59-61-63-65-67-69-71-73-75-82(87)93-80(79-92-84(83(88)89)90-77-76-85(3,4)5)78-91-81(86)74-72-70-68-66-64-62-60-58-56-54-52-50-48-35-33-31-29-27-25-23-21-19-17-15-13-11-9-7-2/h80,84H,6-79H2,1-5H3/p+1. The van der Waals surface area contributed by atoms with Gasteiger partial charge in [-0.2, -0.15) is 0 Å². The number of carbonyl (C=O) groups is 3. The summed E-state index contributed by atoms with van der Waals surface area (Å²) in [6.07, 6.45) is 91.5. The highest BCUT2D eigenvalue weighted by Crippen LogP contribution is 2.21. The molecule has 0 bridgehead atoms. The van der Waals surface area contributed by atoms with Crippen molar-refractivity contribution in [1.82, 2.24) is 0 Å². The van der Waals surface area contributed by atoms with Crippen molar-refractivity contribution >= 4 is 17.9 Å². The van der Waals surface area contributed by atoms with Crippen molar-refractivity contribution in [3.63, 3.8) is 0 Å². The summed E-state index contributed by atoms with van der Waals surface area (Å²) in [7, 11) is 6.01. The Bertz CT molecular complexity index is 1480. The molecule has 0 spiro atoms. The zero-order valence-corrected chi connectivity index (χ0v) is 63.7. The highest BCUT2D eigenvalue weighted by Gasteiger charge is 2.25. The summed E-state index contributed by atoms with van der Waals surface area (Å²) in [5.74, 6) is -1.96. The monoisotopic (exact) mass is 1320 g/mol. The molecule has 0 amide bonds. The molecule has 0 fully saturated rings. The molecule has 0 saturated carbocycles. The highest BCUT2D eigenvalue weighted by atomic mass is 16.7. The summed E-state index contributed by atoms with van der Waals surface area (Å²) in [6, 6.07) is 0. The minimum absolute atomic E-state index is 0.172. The van der Waals surface area contributed by atoms with Gasteiger partial charge in [-0.3, -0.25) is 9.59 Å². The number of carboxylic acid groups (broad SMARTS) is 1. The molecular formula is C84H166NO8+. The summed E-state index contributed by atoms with van der Waals surface area (Å²) in [4.78, 5) is 37.7. The Morgan fingerprint density at radius 1 is 0.280 bits per heavy atom. The van der Waals surface area contributed by atoms with Gasteiger partial charge in [0, 0.05) is 12.8 Å².